The predicted octanol–water partition coefficient (Wildman–Crippen LogP) is 3.20. The molecular weight excluding hydrogens is 236 g/mol. The van der Waals surface area contributed by atoms with Crippen molar-refractivity contribution in [3.05, 3.63) is 45.9 Å². The lowest BCUT2D eigenvalue weighted by Gasteiger charge is -2.01. The van der Waals surface area contributed by atoms with Gasteiger partial charge in [-0.25, -0.2) is 4.98 Å². The summed E-state index contributed by atoms with van der Waals surface area (Å²) in [5.41, 5.74) is 7.89. The van der Waals surface area contributed by atoms with Crippen LogP contribution in [0.25, 0.3) is 0 Å². The fourth-order valence-corrected chi connectivity index (χ4v) is 2.86. The molecule has 2 N–H and O–H groups in total. The normalized spacial score (nSPS) is 10.6. The van der Waals surface area contributed by atoms with E-state index in [4.69, 9.17) is 5.73 Å². The largest absolute Gasteiger partial charge is 0.326 e. The van der Waals surface area contributed by atoms with Crippen molar-refractivity contribution in [2.45, 2.75) is 24.1 Å². The highest BCUT2D eigenvalue weighted by atomic mass is 32.2. The molecule has 0 bridgehead atoms. The van der Waals surface area contributed by atoms with E-state index in [1.807, 2.05) is 18.7 Å². The van der Waals surface area contributed by atoms with E-state index in [2.05, 4.69) is 34.6 Å². The Bertz CT molecular complexity index is 448. The van der Waals surface area contributed by atoms with Gasteiger partial charge < -0.3 is 5.73 Å². The smallest absolute Gasteiger partial charge is 0.0897 e. The summed E-state index contributed by atoms with van der Waals surface area (Å²) < 4.78 is 0. The number of thioether (sulfide) groups is 1. The number of nitrogens with two attached hydrogens (primary N) is 1. The summed E-state index contributed by atoms with van der Waals surface area (Å²) in [7, 11) is 0. The topological polar surface area (TPSA) is 38.9 Å². The quantitative estimate of drug-likeness (QED) is 0.847. The molecule has 0 spiro atoms. The highest BCUT2D eigenvalue weighted by molar-refractivity contribution is 7.98. The van der Waals surface area contributed by atoms with E-state index >= 15 is 0 Å². The van der Waals surface area contributed by atoms with Crippen LogP contribution in [0.3, 0.4) is 0 Å². The van der Waals surface area contributed by atoms with Crippen LogP contribution in [0.2, 0.25) is 0 Å². The second-order valence-electron chi connectivity index (χ2n) is 3.49. The summed E-state index contributed by atoms with van der Waals surface area (Å²) in [6, 6.07) is 8.39. The van der Waals surface area contributed by atoms with Gasteiger partial charge in [-0.15, -0.1) is 23.1 Å². The fraction of sp³-hybridized carbons (Fsp3) is 0.250. The van der Waals surface area contributed by atoms with Crippen LogP contribution in [0.1, 0.15) is 16.3 Å². The second kappa shape index (κ2) is 5.48. The summed E-state index contributed by atoms with van der Waals surface area (Å²) in [4.78, 5) is 5.70. The van der Waals surface area contributed by atoms with Crippen molar-refractivity contribution in [3.8, 4) is 0 Å². The van der Waals surface area contributed by atoms with Crippen LogP contribution in [-0.4, -0.2) is 4.98 Å². The Balaban J connectivity index is 1.94. The molecule has 1 heterocycles. The number of aromatic nitrogens is 1. The molecular formula is C12H14N2S2. The first kappa shape index (κ1) is 11.6. The van der Waals surface area contributed by atoms with Crippen LogP contribution < -0.4 is 5.73 Å². The van der Waals surface area contributed by atoms with Crippen molar-refractivity contribution in [1.29, 1.82) is 0 Å². The van der Waals surface area contributed by atoms with Crippen molar-refractivity contribution in [3.63, 3.8) is 0 Å². The van der Waals surface area contributed by atoms with Gasteiger partial charge in [-0.3, -0.25) is 0 Å². The number of thiazole rings is 1. The Hall–Kier alpha value is -0.840. The Labute approximate surface area is 104 Å². The molecule has 1 aromatic carbocycles. The van der Waals surface area contributed by atoms with E-state index in [-0.39, 0.29) is 0 Å². The minimum absolute atomic E-state index is 0.607. The molecule has 0 saturated carbocycles. The van der Waals surface area contributed by atoms with Gasteiger partial charge in [0.05, 0.1) is 10.7 Å². The maximum absolute atomic E-state index is 5.55. The average molecular weight is 250 g/mol. The first-order valence-corrected chi connectivity index (χ1v) is 6.97. The summed E-state index contributed by atoms with van der Waals surface area (Å²) >= 11 is 3.51. The lowest BCUT2D eigenvalue weighted by Crippen LogP contribution is -1.94. The van der Waals surface area contributed by atoms with Crippen molar-refractivity contribution < 1.29 is 0 Å². The molecule has 0 unspecified atom stereocenters. The number of rotatable bonds is 4. The third kappa shape index (κ3) is 3.07. The summed E-state index contributed by atoms with van der Waals surface area (Å²) in [6.45, 7) is 2.64. The Morgan fingerprint density at radius 2 is 2.06 bits per heavy atom. The third-order valence-corrected chi connectivity index (χ3v) is 4.08. The number of hydrogen-bond acceptors (Lipinski definition) is 4. The van der Waals surface area contributed by atoms with E-state index in [0.717, 1.165) is 16.5 Å². The van der Waals surface area contributed by atoms with E-state index in [1.54, 1.807) is 11.3 Å². The highest BCUT2D eigenvalue weighted by Gasteiger charge is 2.00. The van der Waals surface area contributed by atoms with Crippen molar-refractivity contribution in [2.24, 2.45) is 5.73 Å². The molecule has 2 nitrogen and oxygen atoms in total. The van der Waals surface area contributed by atoms with E-state index < -0.39 is 0 Å². The Morgan fingerprint density at radius 1 is 1.31 bits per heavy atom. The van der Waals surface area contributed by atoms with E-state index in [0.29, 0.717) is 6.54 Å². The van der Waals surface area contributed by atoms with Gasteiger partial charge in [-0.05, 0) is 24.6 Å². The van der Waals surface area contributed by atoms with Gasteiger partial charge in [0.15, 0.2) is 0 Å². The Morgan fingerprint density at radius 3 is 2.62 bits per heavy atom. The third-order valence-electron chi connectivity index (χ3n) is 2.21. The SMILES string of the molecule is Cc1nc(CSc2ccc(CN)cc2)cs1. The number of nitrogens with zero attached hydrogens (tertiary/aromatic N) is 1. The predicted molar refractivity (Wildman–Crippen MR) is 70.7 cm³/mol. The Kier molecular flexibility index (Phi) is 3.98. The van der Waals surface area contributed by atoms with Crippen LogP contribution in [0.5, 0.6) is 0 Å². The van der Waals surface area contributed by atoms with Gasteiger partial charge in [0.25, 0.3) is 0 Å². The first-order valence-electron chi connectivity index (χ1n) is 5.11. The molecule has 2 aromatic rings. The van der Waals surface area contributed by atoms with Crippen molar-refractivity contribution in [1.82, 2.24) is 4.98 Å². The zero-order valence-corrected chi connectivity index (χ0v) is 10.8. The number of aryl methyl sites for hydroxylation is 1. The molecule has 0 aliphatic carbocycles. The van der Waals surface area contributed by atoms with Gasteiger partial charge in [-0.1, -0.05) is 12.1 Å². The maximum atomic E-state index is 5.55. The summed E-state index contributed by atoms with van der Waals surface area (Å²) in [5.74, 6) is 0.937. The van der Waals surface area contributed by atoms with Crippen LogP contribution in [0.4, 0.5) is 0 Å². The lowest BCUT2D eigenvalue weighted by molar-refractivity contribution is 1.07. The summed E-state index contributed by atoms with van der Waals surface area (Å²) in [5, 5.41) is 3.26. The van der Waals surface area contributed by atoms with Crippen LogP contribution >= 0.6 is 23.1 Å². The average Bonchev–Trinajstić information content (AvgIpc) is 2.73. The lowest BCUT2D eigenvalue weighted by atomic mass is 10.2. The molecule has 2 rings (SSSR count). The summed E-state index contributed by atoms with van der Waals surface area (Å²) in [6.07, 6.45) is 0. The molecule has 0 aliphatic rings. The highest BCUT2D eigenvalue weighted by Crippen LogP contribution is 2.23. The molecule has 0 saturated heterocycles. The van der Waals surface area contributed by atoms with Gasteiger partial charge in [0.2, 0.25) is 0 Å². The van der Waals surface area contributed by atoms with Gasteiger partial charge in [0, 0.05) is 22.6 Å². The monoisotopic (exact) mass is 250 g/mol. The van der Waals surface area contributed by atoms with Gasteiger partial charge in [0.1, 0.15) is 0 Å². The molecule has 0 fully saturated rings. The van der Waals surface area contributed by atoms with Crippen LogP contribution in [0, 0.1) is 6.92 Å². The molecule has 0 radical (unpaired) electrons. The van der Waals surface area contributed by atoms with E-state index in [1.165, 1.54) is 10.5 Å². The zero-order valence-electron chi connectivity index (χ0n) is 9.14. The van der Waals surface area contributed by atoms with Crippen LogP contribution in [0.15, 0.2) is 34.5 Å². The fourth-order valence-electron chi connectivity index (χ4n) is 1.35. The number of hydrogen-bond donors (Lipinski definition) is 1. The zero-order chi connectivity index (χ0) is 11.4. The maximum Gasteiger partial charge on any atom is 0.0897 e. The molecule has 1 aromatic heterocycles. The minimum atomic E-state index is 0.607. The molecule has 0 amide bonds. The number of benzene rings is 1. The van der Waals surface area contributed by atoms with Gasteiger partial charge >= 0.3 is 0 Å². The van der Waals surface area contributed by atoms with E-state index in [9.17, 15) is 0 Å². The van der Waals surface area contributed by atoms with Crippen LogP contribution in [-0.2, 0) is 12.3 Å². The molecule has 16 heavy (non-hydrogen) atoms. The van der Waals surface area contributed by atoms with Gasteiger partial charge in [-0.2, -0.15) is 0 Å². The standard InChI is InChI=1S/C12H14N2S2/c1-9-14-11(7-15-9)8-16-12-4-2-10(6-13)3-5-12/h2-5,7H,6,8,13H2,1H3. The minimum Gasteiger partial charge on any atom is -0.326 e. The van der Waals surface area contributed by atoms with Crippen molar-refractivity contribution >= 4 is 23.1 Å². The molecule has 0 atom stereocenters. The molecule has 84 valence electrons. The molecule has 4 heteroatoms. The second-order valence-corrected chi connectivity index (χ2v) is 5.61. The van der Waals surface area contributed by atoms with Crippen molar-refractivity contribution in [2.75, 3.05) is 0 Å². The first-order chi connectivity index (χ1) is 7.78. The molecule has 0 aliphatic heterocycles.